The maximum atomic E-state index is 9.06. The van der Waals surface area contributed by atoms with Gasteiger partial charge in [0.2, 0.25) is 0 Å². The lowest BCUT2D eigenvalue weighted by molar-refractivity contribution is 0.354. The summed E-state index contributed by atoms with van der Waals surface area (Å²) in [4.78, 5) is 4.66. The molecular weight excluding hydrogens is 450 g/mol. The highest BCUT2D eigenvalue weighted by molar-refractivity contribution is 6.30. The molecule has 8 heteroatoms. The first-order valence-corrected chi connectivity index (χ1v) is 11.6. The number of rotatable bonds is 5. The number of methoxy groups -OCH3 is 2. The summed E-state index contributed by atoms with van der Waals surface area (Å²) in [6.45, 7) is 0. The van der Waals surface area contributed by atoms with E-state index in [4.69, 9.17) is 26.5 Å². The monoisotopic (exact) mass is 475 g/mol. The first-order chi connectivity index (χ1) is 16.6. The van der Waals surface area contributed by atoms with Crippen LogP contribution in [-0.4, -0.2) is 30.1 Å². The molecule has 2 aromatic carbocycles. The molecule has 3 aromatic rings. The van der Waals surface area contributed by atoms with Crippen molar-refractivity contribution in [1.29, 1.82) is 5.41 Å². The number of hydrogen-bond donors (Lipinski definition) is 2. The molecule has 1 aliphatic heterocycles. The molecule has 0 spiro atoms. The number of halogens is 1. The first kappa shape index (κ1) is 22.2. The fourth-order valence-electron chi connectivity index (χ4n) is 4.72. The lowest BCUT2D eigenvalue weighted by Crippen LogP contribution is -2.32. The zero-order valence-corrected chi connectivity index (χ0v) is 19.9. The minimum Gasteiger partial charge on any atom is -0.493 e. The molecule has 0 radical (unpaired) electrons. The Bertz CT molecular complexity index is 1340. The van der Waals surface area contributed by atoms with Gasteiger partial charge < -0.3 is 14.8 Å². The average molecular weight is 476 g/mol. The van der Waals surface area contributed by atoms with Crippen LogP contribution in [0.4, 0.5) is 5.82 Å². The van der Waals surface area contributed by atoms with E-state index in [0.29, 0.717) is 27.8 Å². The van der Waals surface area contributed by atoms with Gasteiger partial charge in [0.25, 0.3) is 0 Å². The lowest BCUT2D eigenvalue weighted by atomic mass is 9.77. The van der Waals surface area contributed by atoms with Crippen LogP contribution >= 0.6 is 11.6 Å². The van der Waals surface area contributed by atoms with E-state index >= 15 is 0 Å². The number of hydrogen-bond acceptors (Lipinski definition) is 6. The second kappa shape index (κ2) is 9.35. The second-order valence-electron chi connectivity index (χ2n) is 8.38. The largest absolute Gasteiger partial charge is 0.493 e. The zero-order chi connectivity index (χ0) is 23.7. The Labute approximate surface area is 203 Å². The summed E-state index contributed by atoms with van der Waals surface area (Å²) in [6.07, 6.45) is 7.52. The quantitative estimate of drug-likeness (QED) is 0.490. The molecule has 174 valence electrons. The van der Waals surface area contributed by atoms with Crippen molar-refractivity contribution in [3.8, 4) is 11.5 Å². The van der Waals surface area contributed by atoms with E-state index in [1.54, 1.807) is 26.8 Å². The highest BCUT2D eigenvalue weighted by atomic mass is 35.5. The summed E-state index contributed by atoms with van der Waals surface area (Å²) in [5.74, 6) is 1.95. The van der Waals surface area contributed by atoms with Gasteiger partial charge in [-0.3, -0.25) is 5.41 Å². The predicted molar refractivity (Wildman–Crippen MR) is 133 cm³/mol. The summed E-state index contributed by atoms with van der Waals surface area (Å²) < 4.78 is 12.5. The van der Waals surface area contributed by atoms with Gasteiger partial charge in [-0.15, -0.1) is 0 Å². The summed E-state index contributed by atoms with van der Waals surface area (Å²) in [6, 6.07) is 13.4. The van der Waals surface area contributed by atoms with Gasteiger partial charge in [-0.2, -0.15) is 5.10 Å². The highest BCUT2D eigenvalue weighted by Crippen LogP contribution is 2.45. The summed E-state index contributed by atoms with van der Waals surface area (Å²) in [5, 5.41) is 17.8. The van der Waals surface area contributed by atoms with E-state index in [0.717, 1.165) is 42.4 Å². The number of nitrogens with zero attached hydrogens (tertiary/aromatic N) is 3. The van der Waals surface area contributed by atoms with Gasteiger partial charge >= 0.3 is 0 Å². The lowest BCUT2D eigenvalue weighted by Gasteiger charge is -2.34. The fraction of sp³-hybridized carbons (Fsp3) is 0.269. The molecule has 34 heavy (non-hydrogen) atoms. The SMILES string of the molecule is COc1ccc(C2C3=C(CCCC3)Nc3ncn(/N=C/c4ccc(Cl)cc4)c(=N)c32)cc1OC. The van der Waals surface area contributed by atoms with E-state index in [1.807, 2.05) is 42.5 Å². The third-order valence-electron chi connectivity index (χ3n) is 6.39. The van der Waals surface area contributed by atoms with Crippen LogP contribution in [0.1, 0.15) is 48.3 Å². The standard InChI is InChI=1S/C26H26ClN5O2/c1-33-21-12-9-17(13-22(21)34-2)23-19-5-3-4-6-20(19)31-26-24(23)25(28)32(15-29-26)30-14-16-7-10-18(27)11-8-16/h7-15,23,28,31H,3-6H2,1-2H3/b28-25?,30-14+. The molecule has 1 aromatic heterocycles. The second-order valence-corrected chi connectivity index (χ2v) is 8.82. The van der Waals surface area contributed by atoms with Crippen LogP contribution in [0.3, 0.4) is 0 Å². The van der Waals surface area contributed by atoms with Crippen LogP contribution < -0.4 is 20.3 Å². The van der Waals surface area contributed by atoms with Gasteiger partial charge in [0.1, 0.15) is 12.1 Å². The molecule has 2 heterocycles. The van der Waals surface area contributed by atoms with E-state index < -0.39 is 0 Å². The number of anilines is 1. The molecule has 2 aliphatic rings. The van der Waals surface area contributed by atoms with Crippen molar-refractivity contribution in [1.82, 2.24) is 9.66 Å². The Morgan fingerprint density at radius 1 is 1.09 bits per heavy atom. The third kappa shape index (κ3) is 4.07. The number of benzene rings is 2. The van der Waals surface area contributed by atoms with Crippen LogP contribution in [0.25, 0.3) is 0 Å². The topological polar surface area (TPSA) is 84.5 Å². The van der Waals surface area contributed by atoms with Crippen molar-refractivity contribution in [2.24, 2.45) is 5.10 Å². The Morgan fingerprint density at radius 2 is 1.85 bits per heavy atom. The normalized spacial score (nSPS) is 17.2. The summed E-state index contributed by atoms with van der Waals surface area (Å²) >= 11 is 5.99. The minimum atomic E-state index is -0.107. The molecule has 0 fully saturated rings. The van der Waals surface area contributed by atoms with Crippen LogP contribution in [0.5, 0.6) is 11.5 Å². The average Bonchev–Trinajstić information content (AvgIpc) is 2.87. The van der Waals surface area contributed by atoms with Crippen molar-refractivity contribution < 1.29 is 9.47 Å². The van der Waals surface area contributed by atoms with Crippen molar-refractivity contribution >= 4 is 23.6 Å². The molecule has 0 amide bonds. The molecule has 7 nitrogen and oxygen atoms in total. The van der Waals surface area contributed by atoms with Gasteiger partial charge in [-0.05, 0) is 66.6 Å². The maximum absolute atomic E-state index is 9.06. The Kier molecular flexibility index (Phi) is 6.11. The molecule has 0 saturated carbocycles. The molecule has 2 N–H and O–H groups in total. The number of nitrogens with one attached hydrogen (secondary N) is 2. The smallest absolute Gasteiger partial charge is 0.161 e. The van der Waals surface area contributed by atoms with Crippen LogP contribution in [0, 0.1) is 5.41 Å². The zero-order valence-electron chi connectivity index (χ0n) is 19.1. The predicted octanol–water partition coefficient (Wildman–Crippen LogP) is 5.30. The van der Waals surface area contributed by atoms with E-state index in [-0.39, 0.29) is 5.92 Å². The van der Waals surface area contributed by atoms with Crippen molar-refractivity contribution in [2.75, 3.05) is 19.5 Å². The van der Waals surface area contributed by atoms with Gasteiger partial charge in [-0.25, -0.2) is 9.66 Å². The van der Waals surface area contributed by atoms with Crippen LogP contribution in [0.2, 0.25) is 5.02 Å². The van der Waals surface area contributed by atoms with Crippen molar-refractivity contribution in [2.45, 2.75) is 31.6 Å². The first-order valence-electron chi connectivity index (χ1n) is 11.3. The van der Waals surface area contributed by atoms with Crippen LogP contribution in [0.15, 0.2) is 65.2 Å². The van der Waals surface area contributed by atoms with E-state index in [2.05, 4.69) is 15.4 Å². The highest BCUT2D eigenvalue weighted by Gasteiger charge is 2.33. The molecule has 0 bridgehead atoms. The van der Waals surface area contributed by atoms with Crippen LogP contribution in [-0.2, 0) is 0 Å². The van der Waals surface area contributed by atoms with Crippen molar-refractivity contribution in [3.05, 3.63) is 87.3 Å². The molecular formula is C26H26ClN5O2. The van der Waals surface area contributed by atoms with Gasteiger partial charge in [-0.1, -0.05) is 29.8 Å². The number of ether oxygens (including phenoxy) is 2. The fourth-order valence-corrected chi connectivity index (χ4v) is 4.85. The van der Waals surface area contributed by atoms with Gasteiger partial charge in [0, 0.05) is 16.6 Å². The Balaban J connectivity index is 1.63. The van der Waals surface area contributed by atoms with Crippen molar-refractivity contribution in [3.63, 3.8) is 0 Å². The van der Waals surface area contributed by atoms with E-state index in [1.165, 1.54) is 15.9 Å². The van der Waals surface area contributed by atoms with Gasteiger partial charge in [0.15, 0.2) is 17.0 Å². The Hall–Kier alpha value is -3.58. The summed E-state index contributed by atoms with van der Waals surface area (Å²) in [7, 11) is 3.27. The van der Waals surface area contributed by atoms with Gasteiger partial charge in [0.05, 0.1) is 26.0 Å². The third-order valence-corrected chi connectivity index (χ3v) is 6.65. The Morgan fingerprint density at radius 3 is 2.62 bits per heavy atom. The van der Waals surface area contributed by atoms with E-state index in [9.17, 15) is 0 Å². The maximum Gasteiger partial charge on any atom is 0.161 e. The molecule has 1 unspecified atom stereocenters. The number of allylic oxidation sites excluding steroid dienone is 2. The molecule has 5 rings (SSSR count). The number of aromatic nitrogens is 2. The minimum absolute atomic E-state index is 0.107. The molecule has 1 atom stereocenters. The molecule has 1 aliphatic carbocycles. The number of fused-ring (bicyclic) bond motifs is 1. The molecule has 0 saturated heterocycles. The summed E-state index contributed by atoms with van der Waals surface area (Å²) in [5.41, 5.74) is 5.56.